The molecule has 0 saturated heterocycles. The van der Waals surface area contributed by atoms with Gasteiger partial charge in [0.15, 0.2) is 17.3 Å². The Morgan fingerprint density at radius 1 is 1.05 bits per heavy atom. The van der Waals surface area contributed by atoms with Crippen LogP contribution in [0, 0.1) is 0 Å². The summed E-state index contributed by atoms with van der Waals surface area (Å²) in [6.07, 6.45) is 0. The van der Waals surface area contributed by atoms with E-state index in [0.717, 1.165) is 0 Å². The third-order valence-corrected chi connectivity index (χ3v) is 3.09. The summed E-state index contributed by atoms with van der Waals surface area (Å²) < 4.78 is 10.4. The average Bonchev–Trinajstić information content (AvgIpc) is 2.53. The molecule has 0 spiro atoms. The van der Waals surface area contributed by atoms with Gasteiger partial charge in [0.25, 0.3) is 0 Å². The average molecular weight is 272 g/mol. The summed E-state index contributed by atoms with van der Waals surface area (Å²) in [5, 5.41) is 9.56. The number of ketones is 1. The number of carbonyl (C=O) groups excluding carboxylic acids is 1. The SMILES string of the molecule is COc1ccc(C(=O)c2ccccc2)c(CO)c1OC. The van der Waals surface area contributed by atoms with Crippen molar-refractivity contribution in [1.29, 1.82) is 0 Å². The highest BCUT2D eigenvalue weighted by atomic mass is 16.5. The second kappa shape index (κ2) is 6.21. The lowest BCUT2D eigenvalue weighted by Gasteiger charge is -2.14. The van der Waals surface area contributed by atoms with E-state index < -0.39 is 0 Å². The van der Waals surface area contributed by atoms with Crippen LogP contribution < -0.4 is 9.47 Å². The number of hydrogen-bond donors (Lipinski definition) is 1. The number of rotatable bonds is 5. The molecule has 0 bridgehead atoms. The third-order valence-electron chi connectivity index (χ3n) is 3.09. The Morgan fingerprint density at radius 3 is 2.30 bits per heavy atom. The van der Waals surface area contributed by atoms with Crippen molar-refractivity contribution in [2.24, 2.45) is 0 Å². The van der Waals surface area contributed by atoms with Crippen LogP contribution in [0.25, 0.3) is 0 Å². The summed E-state index contributed by atoms with van der Waals surface area (Å²) in [6.45, 7) is -0.297. The number of aliphatic hydroxyl groups excluding tert-OH is 1. The van der Waals surface area contributed by atoms with Gasteiger partial charge in [-0.3, -0.25) is 4.79 Å². The molecule has 0 aliphatic rings. The first-order valence-electron chi connectivity index (χ1n) is 6.17. The van der Waals surface area contributed by atoms with Gasteiger partial charge in [0.2, 0.25) is 0 Å². The van der Waals surface area contributed by atoms with Gasteiger partial charge in [0.05, 0.1) is 20.8 Å². The van der Waals surface area contributed by atoms with Crippen LogP contribution in [0.15, 0.2) is 42.5 Å². The summed E-state index contributed by atoms with van der Waals surface area (Å²) >= 11 is 0. The maximum absolute atomic E-state index is 12.5. The van der Waals surface area contributed by atoms with Gasteiger partial charge in [0.1, 0.15) is 0 Å². The highest BCUT2D eigenvalue weighted by molar-refractivity contribution is 6.10. The van der Waals surface area contributed by atoms with E-state index in [1.165, 1.54) is 14.2 Å². The summed E-state index contributed by atoms with van der Waals surface area (Å²) in [6, 6.07) is 12.2. The smallest absolute Gasteiger partial charge is 0.193 e. The van der Waals surface area contributed by atoms with E-state index >= 15 is 0 Å². The van der Waals surface area contributed by atoms with Gasteiger partial charge in [-0.1, -0.05) is 30.3 Å². The first-order chi connectivity index (χ1) is 9.72. The van der Waals surface area contributed by atoms with Gasteiger partial charge in [-0.25, -0.2) is 0 Å². The van der Waals surface area contributed by atoms with Crippen molar-refractivity contribution in [3.05, 3.63) is 59.2 Å². The molecule has 2 aromatic rings. The molecule has 4 nitrogen and oxygen atoms in total. The van der Waals surface area contributed by atoms with Crippen molar-refractivity contribution in [3.8, 4) is 11.5 Å². The number of hydrogen-bond acceptors (Lipinski definition) is 4. The molecule has 0 atom stereocenters. The van der Waals surface area contributed by atoms with Crippen molar-refractivity contribution in [1.82, 2.24) is 0 Å². The highest BCUT2D eigenvalue weighted by Crippen LogP contribution is 2.34. The Hall–Kier alpha value is -2.33. The van der Waals surface area contributed by atoms with E-state index in [0.29, 0.717) is 28.2 Å². The van der Waals surface area contributed by atoms with Crippen LogP contribution in [0.2, 0.25) is 0 Å². The Labute approximate surface area is 117 Å². The van der Waals surface area contributed by atoms with Crippen LogP contribution >= 0.6 is 0 Å². The van der Waals surface area contributed by atoms with E-state index in [-0.39, 0.29) is 12.4 Å². The molecule has 0 amide bonds. The quantitative estimate of drug-likeness (QED) is 0.849. The van der Waals surface area contributed by atoms with Crippen LogP contribution in [0.1, 0.15) is 21.5 Å². The second-order valence-electron chi connectivity index (χ2n) is 4.18. The molecule has 0 unspecified atom stereocenters. The molecule has 104 valence electrons. The number of benzene rings is 2. The Kier molecular flexibility index (Phi) is 4.38. The summed E-state index contributed by atoms with van der Waals surface area (Å²) in [7, 11) is 2.99. The topological polar surface area (TPSA) is 55.8 Å². The monoisotopic (exact) mass is 272 g/mol. The van der Waals surface area contributed by atoms with Crippen molar-refractivity contribution in [2.75, 3.05) is 14.2 Å². The molecular formula is C16H16O4. The summed E-state index contributed by atoms with van der Waals surface area (Å²) in [5.74, 6) is 0.716. The number of ether oxygens (including phenoxy) is 2. The predicted octanol–water partition coefficient (Wildman–Crippen LogP) is 2.43. The number of methoxy groups -OCH3 is 2. The van der Waals surface area contributed by atoms with Crippen molar-refractivity contribution in [3.63, 3.8) is 0 Å². The molecule has 2 rings (SSSR count). The molecule has 0 aliphatic carbocycles. The van der Waals surface area contributed by atoms with Crippen LogP contribution in [-0.4, -0.2) is 25.1 Å². The van der Waals surface area contributed by atoms with Gasteiger partial charge >= 0.3 is 0 Å². The molecule has 4 heteroatoms. The fourth-order valence-corrected chi connectivity index (χ4v) is 2.11. The van der Waals surface area contributed by atoms with Crippen LogP contribution in [0.3, 0.4) is 0 Å². The second-order valence-corrected chi connectivity index (χ2v) is 4.18. The van der Waals surface area contributed by atoms with E-state index in [2.05, 4.69) is 0 Å². The van der Waals surface area contributed by atoms with Gasteiger partial charge in [0, 0.05) is 16.7 Å². The van der Waals surface area contributed by atoms with Gasteiger partial charge in [-0.2, -0.15) is 0 Å². The molecule has 0 heterocycles. The van der Waals surface area contributed by atoms with Crippen LogP contribution in [0.5, 0.6) is 11.5 Å². The largest absolute Gasteiger partial charge is 0.493 e. The van der Waals surface area contributed by atoms with Crippen LogP contribution in [-0.2, 0) is 6.61 Å². The van der Waals surface area contributed by atoms with Gasteiger partial charge in [-0.05, 0) is 12.1 Å². The number of carbonyl (C=O) groups is 1. The normalized spacial score (nSPS) is 10.2. The van der Waals surface area contributed by atoms with Gasteiger partial charge < -0.3 is 14.6 Å². The van der Waals surface area contributed by atoms with Crippen molar-refractivity contribution in [2.45, 2.75) is 6.61 Å². The van der Waals surface area contributed by atoms with E-state index in [1.54, 1.807) is 36.4 Å². The molecule has 1 N–H and O–H groups in total. The predicted molar refractivity (Wildman–Crippen MR) is 75.3 cm³/mol. The molecule has 0 aromatic heterocycles. The summed E-state index contributed by atoms with van der Waals surface area (Å²) in [5.41, 5.74) is 1.41. The Balaban J connectivity index is 2.55. The van der Waals surface area contributed by atoms with E-state index in [9.17, 15) is 9.90 Å². The van der Waals surface area contributed by atoms with E-state index in [4.69, 9.17) is 9.47 Å². The molecular weight excluding hydrogens is 256 g/mol. The standard InChI is InChI=1S/C16H16O4/c1-19-14-9-8-12(13(10-17)16(14)20-2)15(18)11-6-4-3-5-7-11/h3-9,17H,10H2,1-2H3. The fourth-order valence-electron chi connectivity index (χ4n) is 2.11. The van der Waals surface area contributed by atoms with Crippen LogP contribution in [0.4, 0.5) is 0 Å². The zero-order chi connectivity index (χ0) is 14.5. The lowest BCUT2D eigenvalue weighted by molar-refractivity contribution is 0.103. The minimum absolute atomic E-state index is 0.157. The van der Waals surface area contributed by atoms with Crippen molar-refractivity contribution >= 4 is 5.78 Å². The molecule has 0 fully saturated rings. The Bertz CT molecular complexity index is 605. The van der Waals surface area contributed by atoms with Gasteiger partial charge in [-0.15, -0.1) is 0 Å². The van der Waals surface area contributed by atoms with Crippen molar-refractivity contribution < 1.29 is 19.4 Å². The fraction of sp³-hybridized carbons (Fsp3) is 0.188. The highest BCUT2D eigenvalue weighted by Gasteiger charge is 2.19. The minimum Gasteiger partial charge on any atom is -0.493 e. The maximum Gasteiger partial charge on any atom is 0.193 e. The molecule has 0 saturated carbocycles. The molecule has 0 aliphatic heterocycles. The zero-order valence-corrected chi connectivity index (χ0v) is 11.4. The first kappa shape index (κ1) is 14.1. The third kappa shape index (κ3) is 2.51. The maximum atomic E-state index is 12.5. The number of aliphatic hydroxyl groups is 1. The lowest BCUT2D eigenvalue weighted by Crippen LogP contribution is -2.08. The lowest BCUT2D eigenvalue weighted by atomic mass is 9.97. The zero-order valence-electron chi connectivity index (χ0n) is 11.4. The molecule has 2 aromatic carbocycles. The Morgan fingerprint density at radius 2 is 1.75 bits per heavy atom. The molecule has 20 heavy (non-hydrogen) atoms. The first-order valence-corrected chi connectivity index (χ1v) is 6.17. The minimum atomic E-state index is -0.297. The summed E-state index contributed by atoms with van der Waals surface area (Å²) in [4.78, 5) is 12.5. The molecule has 0 radical (unpaired) electrons. The van der Waals surface area contributed by atoms with E-state index in [1.807, 2.05) is 6.07 Å².